The zero-order chi connectivity index (χ0) is 13.2. The third-order valence-electron chi connectivity index (χ3n) is 2.99. The number of ether oxygens (including phenoxy) is 1. The lowest BCUT2D eigenvalue weighted by Gasteiger charge is -2.05. The van der Waals surface area contributed by atoms with Gasteiger partial charge in [-0.05, 0) is 30.3 Å². The molecule has 0 saturated heterocycles. The summed E-state index contributed by atoms with van der Waals surface area (Å²) in [6, 6.07) is 12.7. The number of nitrogens with zero attached hydrogens (tertiary/aromatic N) is 1. The van der Waals surface area contributed by atoms with Gasteiger partial charge in [0.05, 0.1) is 18.4 Å². The highest BCUT2D eigenvalue weighted by Gasteiger charge is 2.16. The molecule has 0 spiro atoms. The van der Waals surface area contributed by atoms with Crippen LogP contribution in [0.4, 0.5) is 0 Å². The lowest BCUT2D eigenvalue weighted by atomic mass is 10.1. The first-order valence-corrected chi connectivity index (χ1v) is 5.91. The molecule has 4 nitrogen and oxygen atoms in total. The van der Waals surface area contributed by atoms with E-state index in [9.17, 15) is 4.79 Å². The van der Waals surface area contributed by atoms with Crippen molar-refractivity contribution in [1.82, 2.24) is 9.97 Å². The Bertz CT molecular complexity index is 713. The molecular formula is C15H12N2O2. The Hall–Kier alpha value is -2.62. The van der Waals surface area contributed by atoms with E-state index in [0.717, 1.165) is 5.39 Å². The average Bonchev–Trinajstić information content (AvgIpc) is 2.90. The molecule has 2 aromatic heterocycles. The summed E-state index contributed by atoms with van der Waals surface area (Å²) in [5.41, 5.74) is 1.76. The van der Waals surface area contributed by atoms with Crippen molar-refractivity contribution in [3.8, 4) is 5.75 Å². The first kappa shape index (κ1) is 11.5. The first-order chi connectivity index (χ1) is 9.29. The SMILES string of the molecule is COc1ccccc1C(=O)c1cc2cccnc2[nH]1. The molecule has 0 aliphatic carbocycles. The second kappa shape index (κ2) is 4.57. The fraction of sp³-hybridized carbons (Fsp3) is 0.0667. The molecule has 0 radical (unpaired) electrons. The fourth-order valence-electron chi connectivity index (χ4n) is 2.06. The van der Waals surface area contributed by atoms with Crippen LogP contribution in [0.15, 0.2) is 48.7 Å². The van der Waals surface area contributed by atoms with Crippen molar-refractivity contribution in [3.05, 3.63) is 59.9 Å². The summed E-state index contributed by atoms with van der Waals surface area (Å²) in [5, 5.41) is 0.917. The summed E-state index contributed by atoms with van der Waals surface area (Å²) in [5.74, 6) is 0.467. The zero-order valence-corrected chi connectivity index (χ0v) is 10.4. The number of carbonyl (C=O) groups is 1. The van der Waals surface area contributed by atoms with Crippen LogP contribution >= 0.6 is 0 Å². The Kier molecular flexibility index (Phi) is 2.76. The molecule has 1 aromatic carbocycles. The number of benzene rings is 1. The van der Waals surface area contributed by atoms with E-state index in [1.807, 2.05) is 24.3 Å². The highest BCUT2D eigenvalue weighted by atomic mass is 16.5. The fourth-order valence-corrected chi connectivity index (χ4v) is 2.06. The summed E-state index contributed by atoms with van der Waals surface area (Å²) < 4.78 is 5.21. The van der Waals surface area contributed by atoms with E-state index in [-0.39, 0.29) is 5.78 Å². The molecule has 0 aliphatic heterocycles. The molecule has 4 heteroatoms. The monoisotopic (exact) mass is 252 g/mol. The molecule has 0 amide bonds. The minimum absolute atomic E-state index is 0.101. The first-order valence-electron chi connectivity index (χ1n) is 5.91. The number of hydrogen-bond donors (Lipinski definition) is 1. The Morgan fingerprint density at radius 1 is 1.21 bits per heavy atom. The number of H-pyrrole nitrogens is 1. The maximum atomic E-state index is 12.5. The molecule has 0 atom stereocenters. The zero-order valence-electron chi connectivity index (χ0n) is 10.4. The van der Waals surface area contributed by atoms with Crippen LogP contribution in [0, 0.1) is 0 Å². The summed E-state index contributed by atoms with van der Waals surface area (Å²) >= 11 is 0. The van der Waals surface area contributed by atoms with Gasteiger partial charge in [0, 0.05) is 11.6 Å². The number of pyridine rings is 1. The van der Waals surface area contributed by atoms with Crippen LogP contribution in [0.3, 0.4) is 0 Å². The predicted octanol–water partition coefficient (Wildman–Crippen LogP) is 2.80. The van der Waals surface area contributed by atoms with Crippen LogP contribution in [-0.2, 0) is 0 Å². The van der Waals surface area contributed by atoms with Gasteiger partial charge >= 0.3 is 0 Å². The lowest BCUT2D eigenvalue weighted by molar-refractivity contribution is 0.103. The molecule has 0 aliphatic rings. The Morgan fingerprint density at radius 2 is 2.05 bits per heavy atom. The number of fused-ring (bicyclic) bond motifs is 1. The molecule has 0 fully saturated rings. The second-order valence-corrected chi connectivity index (χ2v) is 4.15. The summed E-state index contributed by atoms with van der Waals surface area (Å²) in [6.07, 6.45) is 1.69. The van der Waals surface area contributed by atoms with E-state index in [1.165, 1.54) is 0 Å². The Morgan fingerprint density at radius 3 is 2.84 bits per heavy atom. The third kappa shape index (κ3) is 1.97. The van der Waals surface area contributed by atoms with E-state index in [1.54, 1.807) is 31.5 Å². The minimum Gasteiger partial charge on any atom is -0.496 e. The van der Waals surface area contributed by atoms with Crippen LogP contribution in [0.25, 0.3) is 11.0 Å². The van der Waals surface area contributed by atoms with Gasteiger partial charge in [-0.15, -0.1) is 0 Å². The summed E-state index contributed by atoms with van der Waals surface area (Å²) in [4.78, 5) is 19.7. The van der Waals surface area contributed by atoms with Crippen LogP contribution in [-0.4, -0.2) is 22.9 Å². The molecule has 0 saturated carbocycles. The van der Waals surface area contributed by atoms with E-state index in [2.05, 4.69) is 9.97 Å². The van der Waals surface area contributed by atoms with Crippen LogP contribution < -0.4 is 4.74 Å². The standard InChI is InChI=1S/C15H12N2O2/c1-19-13-7-3-2-6-11(13)14(18)12-9-10-5-4-8-16-15(10)17-12/h2-9H,1H3,(H,16,17). The smallest absolute Gasteiger partial charge is 0.212 e. The number of carbonyl (C=O) groups excluding carboxylic acids is 1. The van der Waals surface area contributed by atoms with Crippen molar-refractivity contribution in [3.63, 3.8) is 0 Å². The molecule has 1 N–H and O–H groups in total. The van der Waals surface area contributed by atoms with Crippen molar-refractivity contribution >= 4 is 16.8 Å². The van der Waals surface area contributed by atoms with Crippen molar-refractivity contribution in [1.29, 1.82) is 0 Å². The van der Waals surface area contributed by atoms with E-state index < -0.39 is 0 Å². The van der Waals surface area contributed by atoms with Crippen molar-refractivity contribution in [2.24, 2.45) is 0 Å². The minimum atomic E-state index is -0.101. The normalized spacial score (nSPS) is 10.6. The number of aromatic nitrogens is 2. The maximum Gasteiger partial charge on any atom is 0.212 e. The van der Waals surface area contributed by atoms with Gasteiger partial charge in [-0.25, -0.2) is 4.98 Å². The number of nitrogens with one attached hydrogen (secondary N) is 1. The number of ketones is 1. The molecule has 0 unspecified atom stereocenters. The number of methoxy groups -OCH3 is 1. The molecule has 3 aromatic rings. The maximum absolute atomic E-state index is 12.5. The van der Waals surface area contributed by atoms with Gasteiger partial charge in [0.2, 0.25) is 5.78 Å². The number of aromatic amines is 1. The van der Waals surface area contributed by atoms with Gasteiger partial charge in [0.15, 0.2) is 0 Å². The van der Waals surface area contributed by atoms with Gasteiger partial charge in [-0.1, -0.05) is 12.1 Å². The molecular weight excluding hydrogens is 240 g/mol. The van der Waals surface area contributed by atoms with Gasteiger partial charge in [-0.2, -0.15) is 0 Å². The van der Waals surface area contributed by atoms with E-state index >= 15 is 0 Å². The Balaban J connectivity index is 2.08. The highest BCUT2D eigenvalue weighted by Crippen LogP contribution is 2.22. The lowest BCUT2D eigenvalue weighted by Crippen LogP contribution is -2.04. The van der Waals surface area contributed by atoms with E-state index in [0.29, 0.717) is 22.7 Å². The number of hydrogen-bond acceptors (Lipinski definition) is 3. The topological polar surface area (TPSA) is 55.0 Å². The van der Waals surface area contributed by atoms with Crippen LogP contribution in [0.2, 0.25) is 0 Å². The molecule has 0 bridgehead atoms. The average molecular weight is 252 g/mol. The predicted molar refractivity (Wildman–Crippen MR) is 72.5 cm³/mol. The van der Waals surface area contributed by atoms with Crippen molar-refractivity contribution < 1.29 is 9.53 Å². The van der Waals surface area contributed by atoms with Crippen LogP contribution in [0.1, 0.15) is 16.1 Å². The van der Waals surface area contributed by atoms with Gasteiger partial charge < -0.3 is 9.72 Å². The molecule has 3 rings (SSSR count). The Labute approximate surface area is 110 Å². The third-order valence-corrected chi connectivity index (χ3v) is 2.99. The number of rotatable bonds is 3. The van der Waals surface area contributed by atoms with Gasteiger partial charge in [-0.3, -0.25) is 4.79 Å². The summed E-state index contributed by atoms with van der Waals surface area (Å²) in [6.45, 7) is 0. The largest absolute Gasteiger partial charge is 0.496 e. The van der Waals surface area contributed by atoms with E-state index in [4.69, 9.17) is 4.74 Å². The number of para-hydroxylation sites is 1. The van der Waals surface area contributed by atoms with Crippen LogP contribution in [0.5, 0.6) is 5.75 Å². The van der Waals surface area contributed by atoms with Gasteiger partial charge in [0.25, 0.3) is 0 Å². The second-order valence-electron chi connectivity index (χ2n) is 4.15. The van der Waals surface area contributed by atoms with Gasteiger partial charge in [0.1, 0.15) is 11.4 Å². The molecule has 19 heavy (non-hydrogen) atoms. The molecule has 2 heterocycles. The molecule has 94 valence electrons. The van der Waals surface area contributed by atoms with Crippen molar-refractivity contribution in [2.45, 2.75) is 0 Å². The summed E-state index contributed by atoms with van der Waals surface area (Å²) in [7, 11) is 1.55. The quantitative estimate of drug-likeness (QED) is 0.729. The highest BCUT2D eigenvalue weighted by molar-refractivity contribution is 6.11. The van der Waals surface area contributed by atoms with Crippen molar-refractivity contribution in [2.75, 3.05) is 7.11 Å².